The number of rotatable bonds is 3. The minimum Gasteiger partial charge on any atom is -0.271 e. The summed E-state index contributed by atoms with van der Waals surface area (Å²) in [6.45, 7) is 5.41. The van der Waals surface area contributed by atoms with Gasteiger partial charge in [-0.3, -0.25) is 8.99 Å². The summed E-state index contributed by atoms with van der Waals surface area (Å²) in [5.74, 6) is 0. The van der Waals surface area contributed by atoms with Crippen LogP contribution in [0, 0.1) is 20.8 Å². The standard InChI is InChI=1S/C14H19N3O2S/c1-10-7-6-8-13(9-10)17(5)20(18,19)14-11(2)15-16(4)12(14)3/h6-9H,1-5H3. The molecule has 0 saturated heterocycles. The first-order chi connectivity index (χ1) is 9.25. The molecule has 20 heavy (non-hydrogen) atoms. The van der Waals surface area contributed by atoms with Crippen molar-refractivity contribution in [2.75, 3.05) is 11.4 Å². The first kappa shape index (κ1) is 14.6. The Bertz CT molecular complexity index is 748. The fraction of sp³-hybridized carbons (Fsp3) is 0.357. The smallest absolute Gasteiger partial charge is 0.267 e. The summed E-state index contributed by atoms with van der Waals surface area (Å²) < 4.78 is 28.4. The van der Waals surface area contributed by atoms with E-state index in [2.05, 4.69) is 5.10 Å². The van der Waals surface area contributed by atoms with Gasteiger partial charge in [0.25, 0.3) is 10.0 Å². The van der Waals surface area contributed by atoms with Crippen molar-refractivity contribution in [3.8, 4) is 0 Å². The maximum Gasteiger partial charge on any atom is 0.267 e. The van der Waals surface area contributed by atoms with Crippen molar-refractivity contribution in [1.82, 2.24) is 9.78 Å². The van der Waals surface area contributed by atoms with Crippen molar-refractivity contribution in [2.24, 2.45) is 7.05 Å². The zero-order valence-corrected chi connectivity index (χ0v) is 13.2. The fourth-order valence-electron chi connectivity index (χ4n) is 2.23. The van der Waals surface area contributed by atoms with Crippen LogP contribution in [-0.4, -0.2) is 25.2 Å². The molecule has 6 heteroatoms. The van der Waals surface area contributed by atoms with Gasteiger partial charge in [-0.05, 0) is 38.5 Å². The monoisotopic (exact) mass is 293 g/mol. The Kier molecular flexibility index (Phi) is 3.60. The van der Waals surface area contributed by atoms with Crippen LogP contribution in [-0.2, 0) is 17.1 Å². The summed E-state index contributed by atoms with van der Waals surface area (Å²) in [5.41, 5.74) is 2.82. The van der Waals surface area contributed by atoms with Gasteiger partial charge in [-0.15, -0.1) is 0 Å². The number of sulfonamides is 1. The highest BCUT2D eigenvalue weighted by atomic mass is 32.2. The molecule has 2 rings (SSSR count). The molecule has 0 fully saturated rings. The summed E-state index contributed by atoms with van der Waals surface area (Å²) >= 11 is 0. The molecule has 108 valence electrons. The van der Waals surface area contributed by atoms with Crippen LogP contribution in [0.25, 0.3) is 0 Å². The van der Waals surface area contributed by atoms with E-state index in [1.807, 2.05) is 25.1 Å². The summed E-state index contributed by atoms with van der Waals surface area (Å²) in [6, 6.07) is 7.41. The zero-order valence-electron chi connectivity index (χ0n) is 12.4. The molecule has 5 nitrogen and oxygen atoms in total. The topological polar surface area (TPSA) is 55.2 Å². The Morgan fingerprint density at radius 2 is 1.85 bits per heavy atom. The number of aryl methyl sites for hydroxylation is 3. The molecular weight excluding hydrogens is 274 g/mol. The second-order valence-corrected chi connectivity index (χ2v) is 6.84. The van der Waals surface area contributed by atoms with Crippen molar-refractivity contribution in [3.63, 3.8) is 0 Å². The highest BCUT2D eigenvalue weighted by molar-refractivity contribution is 7.92. The Hall–Kier alpha value is -1.82. The van der Waals surface area contributed by atoms with E-state index in [1.54, 1.807) is 38.7 Å². The van der Waals surface area contributed by atoms with Gasteiger partial charge in [0, 0.05) is 14.1 Å². The van der Waals surface area contributed by atoms with E-state index < -0.39 is 10.0 Å². The maximum atomic E-state index is 12.8. The second kappa shape index (κ2) is 4.94. The van der Waals surface area contributed by atoms with Crippen LogP contribution in [0.1, 0.15) is 17.0 Å². The number of benzene rings is 1. The number of hydrogen-bond donors (Lipinski definition) is 0. The zero-order chi connectivity index (χ0) is 15.1. The molecule has 1 aromatic heterocycles. The van der Waals surface area contributed by atoms with E-state index in [4.69, 9.17) is 0 Å². The lowest BCUT2D eigenvalue weighted by Crippen LogP contribution is -2.27. The van der Waals surface area contributed by atoms with Crippen LogP contribution < -0.4 is 4.31 Å². The van der Waals surface area contributed by atoms with Gasteiger partial charge in [0.05, 0.1) is 17.1 Å². The van der Waals surface area contributed by atoms with Crippen molar-refractivity contribution in [3.05, 3.63) is 41.2 Å². The van der Waals surface area contributed by atoms with Gasteiger partial charge < -0.3 is 0 Å². The Labute approximate surface area is 119 Å². The minimum atomic E-state index is -3.60. The molecule has 0 N–H and O–H groups in total. The number of hydrogen-bond acceptors (Lipinski definition) is 3. The van der Waals surface area contributed by atoms with E-state index in [-0.39, 0.29) is 4.90 Å². The van der Waals surface area contributed by atoms with E-state index in [0.717, 1.165) is 5.56 Å². The van der Waals surface area contributed by atoms with Gasteiger partial charge >= 0.3 is 0 Å². The molecule has 0 bridgehead atoms. The van der Waals surface area contributed by atoms with Crippen LogP contribution in [0.5, 0.6) is 0 Å². The molecule has 0 unspecified atom stereocenters. The van der Waals surface area contributed by atoms with Gasteiger partial charge in [0.1, 0.15) is 4.90 Å². The van der Waals surface area contributed by atoms with Crippen LogP contribution in [0.3, 0.4) is 0 Å². The van der Waals surface area contributed by atoms with Gasteiger partial charge in [-0.2, -0.15) is 5.10 Å². The van der Waals surface area contributed by atoms with Crippen LogP contribution >= 0.6 is 0 Å². The molecule has 0 aliphatic carbocycles. The van der Waals surface area contributed by atoms with Gasteiger partial charge in [0.15, 0.2) is 0 Å². The molecule has 2 aromatic rings. The van der Waals surface area contributed by atoms with Crippen molar-refractivity contribution in [2.45, 2.75) is 25.7 Å². The summed E-state index contributed by atoms with van der Waals surface area (Å²) in [4.78, 5) is 0.281. The first-order valence-corrected chi connectivity index (χ1v) is 7.75. The van der Waals surface area contributed by atoms with E-state index in [0.29, 0.717) is 17.1 Å². The quantitative estimate of drug-likeness (QED) is 0.871. The van der Waals surface area contributed by atoms with Crippen LogP contribution in [0.2, 0.25) is 0 Å². The third kappa shape index (κ3) is 2.31. The summed E-state index contributed by atoms with van der Waals surface area (Å²) in [7, 11) is -0.290. The van der Waals surface area contributed by atoms with Gasteiger partial charge in [0.2, 0.25) is 0 Å². The van der Waals surface area contributed by atoms with Crippen LogP contribution in [0.4, 0.5) is 5.69 Å². The molecule has 0 radical (unpaired) electrons. The second-order valence-electron chi connectivity index (χ2n) is 4.94. The molecule has 0 aliphatic rings. The lowest BCUT2D eigenvalue weighted by Gasteiger charge is -2.20. The SMILES string of the molecule is Cc1cccc(N(C)S(=O)(=O)c2c(C)nn(C)c2C)c1. The normalized spacial score (nSPS) is 11.7. The van der Waals surface area contributed by atoms with Gasteiger partial charge in [-0.1, -0.05) is 12.1 Å². The molecule has 0 saturated carbocycles. The average molecular weight is 293 g/mol. The molecule has 0 aliphatic heterocycles. The average Bonchev–Trinajstić information content (AvgIpc) is 2.62. The Morgan fingerprint density at radius 1 is 1.20 bits per heavy atom. The number of aromatic nitrogens is 2. The number of nitrogens with zero attached hydrogens (tertiary/aromatic N) is 3. The summed E-state index contributed by atoms with van der Waals surface area (Å²) in [6.07, 6.45) is 0. The lowest BCUT2D eigenvalue weighted by atomic mass is 10.2. The van der Waals surface area contributed by atoms with Crippen molar-refractivity contribution < 1.29 is 8.42 Å². The van der Waals surface area contributed by atoms with Crippen molar-refractivity contribution >= 4 is 15.7 Å². The highest BCUT2D eigenvalue weighted by Crippen LogP contribution is 2.26. The third-order valence-corrected chi connectivity index (χ3v) is 5.47. The molecule has 0 atom stereocenters. The molecule has 1 heterocycles. The third-order valence-electron chi connectivity index (χ3n) is 3.43. The molecular formula is C14H19N3O2S. The van der Waals surface area contributed by atoms with Crippen molar-refractivity contribution in [1.29, 1.82) is 0 Å². The number of anilines is 1. The van der Waals surface area contributed by atoms with Crippen LogP contribution in [0.15, 0.2) is 29.2 Å². The maximum absolute atomic E-state index is 12.8. The lowest BCUT2D eigenvalue weighted by molar-refractivity contribution is 0.593. The minimum absolute atomic E-state index is 0.281. The Morgan fingerprint density at radius 3 is 2.35 bits per heavy atom. The van der Waals surface area contributed by atoms with E-state index in [1.165, 1.54) is 4.31 Å². The highest BCUT2D eigenvalue weighted by Gasteiger charge is 2.28. The van der Waals surface area contributed by atoms with E-state index in [9.17, 15) is 8.42 Å². The molecule has 0 spiro atoms. The molecule has 0 amide bonds. The molecule has 1 aromatic carbocycles. The fourth-order valence-corrected chi connectivity index (χ4v) is 3.81. The summed E-state index contributed by atoms with van der Waals surface area (Å²) in [5, 5.41) is 4.18. The largest absolute Gasteiger partial charge is 0.271 e. The van der Waals surface area contributed by atoms with E-state index >= 15 is 0 Å². The van der Waals surface area contributed by atoms with Gasteiger partial charge in [-0.25, -0.2) is 8.42 Å². The first-order valence-electron chi connectivity index (χ1n) is 6.31. The predicted octanol–water partition coefficient (Wildman–Crippen LogP) is 2.17. The Balaban J connectivity index is 2.55. The predicted molar refractivity (Wildman–Crippen MR) is 79.4 cm³/mol.